The van der Waals surface area contributed by atoms with E-state index in [0.29, 0.717) is 22.4 Å². The van der Waals surface area contributed by atoms with Gasteiger partial charge in [0.25, 0.3) is 17.7 Å². The van der Waals surface area contributed by atoms with Crippen LogP contribution in [0.15, 0.2) is 91.5 Å². The number of hydrogen-bond acceptors (Lipinski definition) is 4. The standard InChI is InChI=1S/C25H18N4O3/c30-23(27-19-9-11-20(12-10-19)28-14-13-26-16-28)18-7-5-17(6-8-18)15-29-24(31)21-3-1-2-4-22(21)25(29)32/h1-14,16H,15H2,(H,27,30). The lowest BCUT2D eigenvalue weighted by molar-refractivity contribution is 0.0642. The first kappa shape index (κ1) is 19.4. The molecule has 4 aromatic rings. The van der Waals surface area contributed by atoms with Gasteiger partial charge in [0.1, 0.15) is 0 Å². The Kier molecular flexibility index (Phi) is 4.84. The molecule has 0 aliphatic carbocycles. The molecular formula is C25H18N4O3. The second-order valence-electron chi connectivity index (χ2n) is 7.41. The van der Waals surface area contributed by atoms with Crippen LogP contribution in [-0.2, 0) is 6.54 Å². The molecule has 7 nitrogen and oxygen atoms in total. The summed E-state index contributed by atoms with van der Waals surface area (Å²) in [6.07, 6.45) is 5.25. The third kappa shape index (κ3) is 3.56. The molecule has 5 rings (SSSR count). The predicted molar refractivity (Wildman–Crippen MR) is 119 cm³/mol. The lowest BCUT2D eigenvalue weighted by Crippen LogP contribution is -2.29. The minimum Gasteiger partial charge on any atom is -0.322 e. The zero-order valence-electron chi connectivity index (χ0n) is 16.9. The summed E-state index contributed by atoms with van der Waals surface area (Å²) in [5.41, 5.74) is 3.71. The maximum atomic E-state index is 12.6. The van der Waals surface area contributed by atoms with E-state index in [1.807, 2.05) is 35.0 Å². The number of carbonyl (C=O) groups is 3. The summed E-state index contributed by atoms with van der Waals surface area (Å²) in [6.45, 7) is 0.157. The number of nitrogens with one attached hydrogen (secondary N) is 1. The Balaban J connectivity index is 1.24. The molecular weight excluding hydrogens is 404 g/mol. The first-order chi connectivity index (χ1) is 15.6. The molecule has 0 unspecified atom stereocenters. The minimum atomic E-state index is -0.299. The van der Waals surface area contributed by atoms with Gasteiger partial charge in [-0.1, -0.05) is 24.3 Å². The predicted octanol–water partition coefficient (Wildman–Crippen LogP) is 3.92. The summed E-state index contributed by atoms with van der Waals surface area (Å²) >= 11 is 0. The molecule has 0 saturated heterocycles. The van der Waals surface area contributed by atoms with Crippen molar-refractivity contribution in [2.45, 2.75) is 6.54 Å². The van der Waals surface area contributed by atoms with Gasteiger partial charge in [0.15, 0.2) is 0 Å². The third-order valence-corrected chi connectivity index (χ3v) is 5.36. The van der Waals surface area contributed by atoms with Crippen molar-refractivity contribution in [1.29, 1.82) is 0 Å². The highest BCUT2D eigenvalue weighted by Crippen LogP contribution is 2.24. The molecule has 3 aromatic carbocycles. The van der Waals surface area contributed by atoms with Gasteiger partial charge in [0.2, 0.25) is 0 Å². The van der Waals surface area contributed by atoms with Crippen molar-refractivity contribution in [1.82, 2.24) is 14.5 Å². The molecule has 1 aliphatic heterocycles. The van der Waals surface area contributed by atoms with Crippen molar-refractivity contribution < 1.29 is 14.4 Å². The van der Waals surface area contributed by atoms with Crippen molar-refractivity contribution in [2.75, 3.05) is 5.32 Å². The van der Waals surface area contributed by atoms with E-state index in [4.69, 9.17) is 0 Å². The number of amides is 3. The number of imidazole rings is 1. The molecule has 1 aromatic heterocycles. The fourth-order valence-electron chi connectivity index (χ4n) is 3.66. The topological polar surface area (TPSA) is 84.3 Å². The Labute approximate surface area is 183 Å². The summed E-state index contributed by atoms with van der Waals surface area (Å²) in [6, 6.07) is 21.1. The Morgan fingerprint density at radius 2 is 1.50 bits per heavy atom. The second-order valence-corrected chi connectivity index (χ2v) is 7.41. The van der Waals surface area contributed by atoms with Gasteiger partial charge in [-0.25, -0.2) is 4.98 Å². The fraction of sp³-hybridized carbons (Fsp3) is 0.0400. The molecule has 3 amide bonds. The number of benzene rings is 3. The van der Waals surface area contributed by atoms with E-state index in [-0.39, 0.29) is 24.3 Å². The molecule has 2 heterocycles. The lowest BCUT2D eigenvalue weighted by atomic mass is 10.1. The van der Waals surface area contributed by atoms with Crippen LogP contribution in [-0.4, -0.2) is 32.2 Å². The van der Waals surface area contributed by atoms with E-state index in [1.54, 1.807) is 61.1 Å². The average molecular weight is 422 g/mol. The number of hydrogen-bond donors (Lipinski definition) is 1. The number of aromatic nitrogens is 2. The van der Waals surface area contributed by atoms with E-state index >= 15 is 0 Å². The molecule has 0 fully saturated rings. The smallest absolute Gasteiger partial charge is 0.261 e. The van der Waals surface area contributed by atoms with Crippen LogP contribution in [0.1, 0.15) is 36.6 Å². The van der Waals surface area contributed by atoms with Gasteiger partial charge in [0.05, 0.1) is 24.0 Å². The lowest BCUT2D eigenvalue weighted by Gasteiger charge is -2.14. The number of imide groups is 1. The number of carbonyl (C=O) groups excluding carboxylic acids is 3. The molecule has 1 aliphatic rings. The fourth-order valence-corrected chi connectivity index (χ4v) is 3.66. The van der Waals surface area contributed by atoms with E-state index in [2.05, 4.69) is 10.3 Å². The highest BCUT2D eigenvalue weighted by molar-refractivity contribution is 6.21. The summed E-state index contributed by atoms with van der Waals surface area (Å²) in [5, 5.41) is 2.87. The van der Waals surface area contributed by atoms with Gasteiger partial charge in [-0.15, -0.1) is 0 Å². The summed E-state index contributed by atoms with van der Waals surface area (Å²) < 4.78 is 1.87. The van der Waals surface area contributed by atoms with Crippen molar-refractivity contribution in [3.63, 3.8) is 0 Å². The third-order valence-electron chi connectivity index (χ3n) is 5.36. The molecule has 32 heavy (non-hydrogen) atoms. The molecule has 0 bridgehead atoms. The van der Waals surface area contributed by atoms with Gasteiger partial charge in [-0.3, -0.25) is 19.3 Å². The average Bonchev–Trinajstić information content (AvgIpc) is 3.44. The summed E-state index contributed by atoms with van der Waals surface area (Å²) in [4.78, 5) is 42.9. The summed E-state index contributed by atoms with van der Waals surface area (Å²) in [5.74, 6) is -0.842. The van der Waals surface area contributed by atoms with Crippen LogP contribution in [0.2, 0.25) is 0 Å². The van der Waals surface area contributed by atoms with Crippen LogP contribution >= 0.6 is 0 Å². The van der Waals surface area contributed by atoms with Crippen LogP contribution in [0, 0.1) is 0 Å². The second kappa shape index (κ2) is 7.96. The molecule has 0 spiro atoms. The van der Waals surface area contributed by atoms with Crippen molar-refractivity contribution in [2.24, 2.45) is 0 Å². The van der Waals surface area contributed by atoms with Gasteiger partial charge in [-0.2, -0.15) is 0 Å². The van der Waals surface area contributed by atoms with Crippen molar-refractivity contribution in [3.05, 3.63) is 114 Å². The minimum absolute atomic E-state index is 0.157. The molecule has 156 valence electrons. The zero-order valence-corrected chi connectivity index (χ0v) is 16.9. The zero-order chi connectivity index (χ0) is 22.1. The van der Waals surface area contributed by atoms with Crippen LogP contribution in [0.4, 0.5) is 5.69 Å². The maximum absolute atomic E-state index is 12.6. The quantitative estimate of drug-likeness (QED) is 0.494. The van der Waals surface area contributed by atoms with Crippen LogP contribution in [0.5, 0.6) is 0 Å². The normalized spacial score (nSPS) is 12.7. The monoisotopic (exact) mass is 422 g/mol. The largest absolute Gasteiger partial charge is 0.322 e. The SMILES string of the molecule is O=C(Nc1ccc(-n2ccnc2)cc1)c1ccc(CN2C(=O)c3ccccc3C2=O)cc1. The maximum Gasteiger partial charge on any atom is 0.261 e. The highest BCUT2D eigenvalue weighted by Gasteiger charge is 2.34. The Bertz CT molecular complexity index is 1280. The van der Waals surface area contributed by atoms with Gasteiger partial charge in [-0.05, 0) is 54.1 Å². The molecule has 7 heteroatoms. The van der Waals surface area contributed by atoms with Gasteiger partial charge < -0.3 is 9.88 Å². The molecule has 0 radical (unpaired) electrons. The molecule has 0 atom stereocenters. The van der Waals surface area contributed by atoms with Gasteiger partial charge in [0, 0.05) is 29.3 Å². The molecule has 1 N–H and O–H groups in total. The highest BCUT2D eigenvalue weighted by atomic mass is 16.2. The van der Waals surface area contributed by atoms with Crippen LogP contribution in [0.3, 0.4) is 0 Å². The number of fused-ring (bicyclic) bond motifs is 1. The number of anilines is 1. The van der Waals surface area contributed by atoms with Gasteiger partial charge >= 0.3 is 0 Å². The van der Waals surface area contributed by atoms with Crippen LogP contribution in [0.25, 0.3) is 5.69 Å². The number of nitrogens with zero attached hydrogens (tertiary/aromatic N) is 3. The van der Waals surface area contributed by atoms with E-state index in [1.165, 1.54) is 4.90 Å². The van der Waals surface area contributed by atoms with Crippen molar-refractivity contribution >= 4 is 23.4 Å². The Morgan fingerprint density at radius 3 is 2.09 bits per heavy atom. The first-order valence-corrected chi connectivity index (χ1v) is 10.0. The molecule has 0 saturated carbocycles. The van der Waals surface area contributed by atoms with E-state index in [9.17, 15) is 14.4 Å². The summed E-state index contributed by atoms with van der Waals surface area (Å²) in [7, 11) is 0. The Hall–Kier alpha value is -4.52. The first-order valence-electron chi connectivity index (χ1n) is 10.0. The Morgan fingerprint density at radius 1 is 0.844 bits per heavy atom. The number of rotatable bonds is 5. The van der Waals surface area contributed by atoms with E-state index in [0.717, 1.165) is 11.3 Å². The van der Waals surface area contributed by atoms with E-state index < -0.39 is 0 Å². The van der Waals surface area contributed by atoms with Crippen LogP contribution < -0.4 is 5.32 Å². The van der Waals surface area contributed by atoms with Crippen molar-refractivity contribution in [3.8, 4) is 5.69 Å².